The van der Waals surface area contributed by atoms with E-state index in [0.29, 0.717) is 6.54 Å². The Morgan fingerprint density at radius 3 is 2.59 bits per heavy atom. The van der Waals surface area contributed by atoms with Crippen LogP contribution in [0, 0.1) is 6.92 Å². The Bertz CT molecular complexity index is 509. The smallest absolute Gasteiger partial charge is 0.125 e. The van der Waals surface area contributed by atoms with Crippen molar-refractivity contribution >= 4 is 0 Å². The summed E-state index contributed by atoms with van der Waals surface area (Å²) >= 11 is 0. The van der Waals surface area contributed by atoms with E-state index in [4.69, 9.17) is 5.73 Å². The van der Waals surface area contributed by atoms with Gasteiger partial charge in [-0.1, -0.05) is 0 Å². The van der Waals surface area contributed by atoms with Crippen molar-refractivity contribution in [3.8, 4) is 17.0 Å². The second kappa shape index (κ2) is 4.93. The van der Waals surface area contributed by atoms with E-state index in [1.807, 2.05) is 25.3 Å². The van der Waals surface area contributed by atoms with E-state index < -0.39 is 0 Å². The molecule has 1 aromatic carbocycles. The van der Waals surface area contributed by atoms with E-state index in [2.05, 4.69) is 9.97 Å². The van der Waals surface area contributed by atoms with Crippen LogP contribution in [0.1, 0.15) is 11.4 Å². The highest BCUT2D eigenvalue weighted by molar-refractivity contribution is 5.63. The lowest BCUT2D eigenvalue weighted by Crippen LogP contribution is -2.06. The molecule has 2 rings (SSSR count). The molecule has 3 N–H and O–H groups in total. The summed E-state index contributed by atoms with van der Waals surface area (Å²) in [4.78, 5) is 8.63. The van der Waals surface area contributed by atoms with Crippen LogP contribution in [0.3, 0.4) is 0 Å². The lowest BCUT2D eigenvalue weighted by Gasteiger charge is -2.08. The molecule has 4 heteroatoms. The highest BCUT2D eigenvalue weighted by Gasteiger charge is 2.07. The van der Waals surface area contributed by atoms with E-state index in [1.54, 1.807) is 12.1 Å². The number of aromatic hydroxyl groups is 1. The Labute approximate surface area is 100 Å². The number of aryl methyl sites for hydroxylation is 1. The number of hydrogen-bond acceptors (Lipinski definition) is 4. The van der Waals surface area contributed by atoms with Crippen molar-refractivity contribution in [1.29, 1.82) is 0 Å². The number of rotatable bonds is 3. The molecule has 88 valence electrons. The highest BCUT2D eigenvalue weighted by Crippen LogP contribution is 2.23. The molecule has 17 heavy (non-hydrogen) atoms. The quantitative estimate of drug-likeness (QED) is 0.839. The van der Waals surface area contributed by atoms with Crippen molar-refractivity contribution in [2.24, 2.45) is 5.73 Å². The molecule has 0 amide bonds. The fourth-order valence-electron chi connectivity index (χ4n) is 1.70. The number of nitrogens with zero attached hydrogens (tertiary/aromatic N) is 2. The van der Waals surface area contributed by atoms with Gasteiger partial charge in [0.15, 0.2) is 0 Å². The van der Waals surface area contributed by atoms with Crippen molar-refractivity contribution in [1.82, 2.24) is 9.97 Å². The first-order valence-electron chi connectivity index (χ1n) is 5.52. The summed E-state index contributed by atoms with van der Waals surface area (Å²) in [5.41, 5.74) is 8.47. The van der Waals surface area contributed by atoms with Gasteiger partial charge in [-0.3, -0.25) is 0 Å². The fraction of sp³-hybridized carbons (Fsp3) is 0.231. The fourth-order valence-corrected chi connectivity index (χ4v) is 1.70. The normalized spacial score (nSPS) is 10.5. The first-order chi connectivity index (χ1) is 8.20. The maximum atomic E-state index is 9.28. The largest absolute Gasteiger partial charge is 0.508 e. The summed E-state index contributed by atoms with van der Waals surface area (Å²) in [6, 6.07) is 6.99. The minimum atomic E-state index is 0.250. The van der Waals surface area contributed by atoms with Gasteiger partial charge in [-0.15, -0.1) is 0 Å². The van der Waals surface area contributed by atoms with Crippen molar-refractivity contribution in [2.45, 2.75) is 13.3 Å². The second-order valence-electron chi connectivity index (χ2n) is 3.88. The number of nitrogens with two attached hydrogens (primary N) is 1. The van der Waals surface area contributed by atoms with Crippen LogP contribution in [-0.4, -0.2) is 21.6 Å². The molecule has 0 radical (unpaired) electrons. The monoisotopic (exact) mass is 229 g/mol. The van der Waals surface area contributed by atoms with Gasteiger partial charge < -0.3 is 10.8 Å². The predicted molar refractivity (Wildman–Crippen MR) is 66.6 cm³/mol. The van der Waals surface area contributed by atoms with Gasteiger partial charge in [-0.25, -0.2) is 9.97 Å². The lowest BCUT2D eigenvalue weighted by atomic mass is 10.0. The van der Waals surface area contributed by atoms with E-state index >= 15 is 0 Å². The van der Waals surface area contributed by atoms with Crippen LogP contribution in [0.25, 0.3) is 11.3 Å². The van der Waals surface area contributed by atoms with Crippen LogP contribution in [0.2, 0.25) is 0 Å². The molecule has 0 aliphatic rings. The third-order valence-electron chi connectivity index (χ3n) is 2.54. The Morgan fingerprint density at radius 1 is 1.24 bits per heavy atom. The number of phenolic OH excluding ortho intramolecular Hbond substituents is 1. The predicted octanol–water partition coefficient (Wildman–Crippen LogP) is 1.66. The van der Waals surface area contributed by atoms with Crippen LogP contribution in [-0.2, 0) is 6.42 Å². The SMILES string of the molecule is Cc1ncc(CCN)c(-c2ccc(O)cc2)n1. The molecule has 1 heterocycles. The van der Waals surface area contributed by atoms with Gasteiger partial charge in [-0.05, 0) is 49.7 Å². The van der Waals surface area contributed by atoms with E-state index in [0.717, 1.165) is 29.1 Å². The highest BCUT2D eigenvalue weighted by atomic mass is 16.3. The van der Waals surface area contributed by atoms with E-state index in [-0.39, 0.29) is 5.75 Å². The molecule has 0 saturated heterocycles. The van der Waals surface area contributed by atoms with Gasteiger partial charge in [-0.2, -0.15) is 0 Å². The zero-order valence-corrected chi connectivity index (χ0v) is 9.72. The molecule has 2 aromatic rings. The summed E-state index contributed by atoms with van der Waals surface area (Å²) < 4.78 is 0. The molecule has 0 fully saturated rings. The van der Waals surface area contributed by atoms with Crippen LogP contribution < -0.4 is 5.73 Å². The number of hydrogen-bond donors (Lipinski definition) is 2. The first kappa shape index (κ1) is 11.5. The molecule has 0 spiro atoms. The average molecular weight is 229 g/mol. The molecular weight excluding hydrogens is 214 g/mol. The zero-order chi connectivity index (χ0) is 12.3. The summed E-state index contributed by atoms with van der Waals surface area (Å²) in [6.07, 6.45) is 2.56. The minimum absolute atomic E-state index is 0.250. The number of aromatic nitrogens is 2. The zero-order valence-electron chi connectivity index (χ0n) is 9.72. The standard InChI is InChI=1S/C13H15N3O/c1-9-15-8-11(6-7-14)13(16-9)10-2-4-12(17)5-3-10/h2-5,8,17H,6-7,14H2,1H3. The van der Waals surface area contributed by atoms with Crippen molar-refractivity contribution in [3.05, 3.63) is 41.9 Å². The van der Waals surface area contributed by atoms with Crippen LogP contribution in [0.15, 0.2) is 30.5 Å². The van der Waals surface area contributed by atoms with Crippen molar-refractivity contribution in [3.63, 3.8) is 0 Å². The van der Waals surface area contributed by atoms with Crippen molar-refractivity contribution in [2.75, 3.05) is 6.54 Å². The number of phenols is 1. The molecule has 0 aliphatic carbocycles. The topological polar surface area (TPSA) is 72.0 Å². The molecule has 1 aromatic heterocycles. The third kappa shape index (κ3) is 2.60. The summed E-state index contributed by atoms with van der Waals surface area (Å²) in [5.74, 6) is 0.980. The molecule has 0 atom stereocenters. The molecular formula is C13H15N3O. The maximum absolute atomic E-state index is 9.28. The van der Waals surface area contributed by atoms with Gasteiger partial charge in [0, 0.05) is 11.8 Å². The van der Waals surface area contributed by atoms with Gasteiger partial charge in [0.1, 0.15) is 11.6 Å². The second-order valence-corrected chi connectivity index (χ2v) is 3.88. The summed E-state index contributed by atoms with van der Waals surface area (Å²) in [7, 11) is 0. The third-order valence-corrected chi connectivity index (χ3v) is 2.54. The maximum Gasteiger partial charge on any atom is 0.125 e. The van der Waals surface area contributed by atoms with Gasteiger partial charge >= 0.3 is 0 Å². The first-order valence-corrected chi connectivity index (χ1v) is 5.52. The Kier molecular flexibility index (Phi) is 3.35. The Hall–Kier alpha value is -1.94. The molecule has 4 nitrogen and oxygen atoms in total. The average Bonchev–Trinajstić information content (AvgIpc) is 2.33. The van der Waals surface area contributed by atoms with Crippen LogP contribution in [0.5, 0.6) is 5.75 Å². The molecule has 0 aliphatic heterocycles. The molecule has 0 bridgehead atoms. The van der Waals surface area contributed by atoms with E-state index in [1.165, 1.54) is 0 Å². The summed E-state index contributed by atoms with van der Waals surface area (Å²) in [6.45, 7) is 2.42. The van der Waals surface area contributed by atoms with E-state index in [9.17, 15) is 5.11 Å². The minimum Gasteiger partial charge on any atom is -0.508 e. The van der Waals surface area contributed by atoms with Crippen molar-refractivity contribution < 1.29 is 5.11 Å². The van der Waals surface area contributed by atoms with Gasteiger partial charge in [0.25, 0.3) is 0 Å². The van der Waals surface area contributed by atoms with Gasteiger partial charge in [0.2, 0.25) is 0 Å². The van der Waals surface area contributed by atoms with Gasteiger partial charge in [0.05, 0.1) is 5.69 Å². The Morgan fingerprint density at radius 2 is 1.94 bits per heavy atom. The Balaban J connectivity index is 2.48. The van der Waals surface area contributed by atoms with Crippen LogP contribution >= 0.6 is 0 Å². The molecule has 0 unspecified atom stereocenters. The summed E-state index contributed by atoms with van der Waals surface area (Å²) in [5, 5.41) is 9.28. The van der Waals surface area contributed by atoms with Crippen LogP contribution in [0.4, 0.5) is 0 Å². The lowest BCUT2D eigenvalue weighted by molar-refractivity contribution is 0.475. The number of benzene rings is 1. The molecule has 0 saturated carbocycles.